The van der Waals surface area contributed by atoms with Gasteiger partial charge in [-0.25, -0.2) is 0 Å². The number of nitrogens with two attached hydrogens (primary N) is 1. The molecule has 3 N–H and O–H groups in total. The van der Waals surface area contributed by atoms with Crippen molar-refractivity contribution >= 4 is 5.91 Å². The molecule has 2 atom stereocenters. The van der Waals surface area contributed by atoms with Crippen LogP contribution in [0.1, 0.15) is 46.0 Å². The highest BCUT2D eigenvalue weighted by Gasteiger charge is 2.23. The van der Waals surface area contributed by atoms with E-state index in [0.717, 1.165) is 32.2 Å². The molecule has 0 saturated carbocycles. The van der Waals surface area contributed by atoms with E-state index >= 15 is 0 Å². The summed E-state index contributed by atoms with van der Waals surface area (Å²) in [6, 6.07) is 0. The zero-order valence-electron chi connectivity index (χ0n) is 11.8. The summed E-state index contributed by atoms with van der Waals surface area (Å²) in [5, 5.41) is 9.57. The number of likely N-dealkylation sites (tertiary alicyclic amines) is 1. The standard InChI is InChI=1S/C14H28N2O2/c1-11(2)12(7-8-15)5-6-14(18)16-9-3-4-13(17)10-16/h11-13,17H,3-10,15H2,1-2H3. The largest absolute Gasteiger partial charge is 0.391 e. The van der Waals surface area contributed by atoms with E-state index in [1.807, 2.05) is 4.90 Å². The highest BCUT2D eigenvalue weighted by Crippen LogP contribution is 2.21. The lowest BCUT2D eigenvalue weighted by molar-refractivity contribution is -0.134. The van der Waals surface area contributed by atoms with E-state index in [1.165, 1.54) is 0 Å². The molecule has 2 unspecified atom stereocenters. The number of aliphatic hydroxyl groups is 1. The molecule has 0 bridgehead atoms. The normalized spacial score (nSPS) is 22.3. The van der Waals surface area contributed by atoms with Gasteiger partial charge in [0, 0.05) is 19.5 Å². The van der Waals surface area contributed by atoms with E-state index < -0.39 is 0 Å². The van der Waals surface area contributed by atoms with Gasteiger partial charge in [0.25, 0.3) is 0 Å². The van der Waals surface area contributed by atoms with Gasteiger partial charge in [-0.2, -0.15) is 0 Å². The Hall–Kier alpha value is -0.610. The minimum absolute atomic E-state index is 0.191. The minimum Gasteiger partial charge on any atom is -0.391 e. The van der Waals surface area contributed by atoms with Crippen LogP contribution in [0.25, 0.3) is 0 Å². The summed E-state index contributed by atoms with van der Waals surface area (Å²) in [5.41, 5.74) is 5.61. The summed E-state index contributed by atoms with van der Waals surface area (Å²) in [5.74, 6) is 1.30. The van der Waals surface area contributed by atoms with Crippen molar-refractivity contribution < 1.29 is 9.90 Å². The zero-order valence-corrected chi connectivity index (χ0v) is 11.8. The highest BCUT2D eigenvalue weighted by atomic mass is 16.3. The van der Waals surface area contributed by atoms with Crippen molar-refractivity contribution in [1.29, 1.82) is 0 Å². The molecule has 0 radical (unpaired) electrons. The molecule has 1 heterocycles. The number of carbonyl (C=O) groups excluding carboxylic acids is 1. The molecule has 0 spiro atoms. The summed E-state index contributed by atoms with van der Waals surface area (Å²) in [6.45, 7) is 6.39. The second-order valence-corrected chi connectivity index (χ2v) is 5.76. The fourth-order valence-corrected chi connectivity index (χ4v) is 2.67. The smallest absolute Gasteiger partial charge is 0.222 e. The SMILES string of the molecule is CC(C)C(CCN)CCC(=O)N1CCCC(O)C1. The fourth-order valence-electron chi connectivity index (χ4n) is 2.67. The van der Waals surface area contributed by atoms with Crippen LogP contribution in [0.3, 0.4) is 0 Å². The lowest BCUT2D eigenvalue weighted by Gasteiger charge is -2.31. The van der Waals surface area contributed by atoms with Crippen LogP contribution in [0.5, 0.6) is 0 Å². The van der Waals surface area contributed by atoms with Crippen LogP contribution in [0.15, 0.2) is 0 Å². The summed E-state index contributed by atoms with van der Waals surface area (Å²) >= 11 is 0. The van der Waals surface area contributed by atoms with Crippen LogP contribution >= 0.6 is 0 Å². The molecule has 106 valence electrons. The predicted molar refractivity (Wildman–Crippen MR) is 73.1 cm³/mol. The van der Waals surface area contributed by atoms with Gasteiger partial charge >= 0.3 is 0 Å². The average molecular weight is 256 g/mol. The van der Waals surface area contributed by atoms with Crippen molar-refractivity contribution in [2.45, 2.75) is 52.1 Å². The molecule has 0 aromatic heterocycles. The van der Waals surface area contributed by atoms with Crippen molar-refractivity contribution in [2.24, 2.45) is 17.6 Å². The molecular weight excluding hydrogens is 228 g/mol. The molecule has 1 aliphatic rings. The molecule has 1 amide bonds. The number of hydrogen-bond donors (Lipinski definition) is 2. The Labute approximate surface area is 111 Å². The summed E-state index contributed by atoms with van der Waals surface area (Å²) < 4.78 is 0. The molecular formula is C14H28N2O2. The van der Waals surface area contributed by atoms with Gasteiger partial charge in [-0.15, -0.1) is 0 Å². The Morgan fingerprint density at radius 1 is 1.44 bits per heavy atom. The van der Waals surface area contributed by atoms with Crippen molar-refractivity contribution in [1.82, 2.24) is 4.90 Å². The van der Waals surface area contributed by atoms with Gasteiger partial charge in [-0.1, -0.05) is 13.8 Å². The van der Waals surface area contributed by atoms with Gasteiger partial charge in [0.05, 0.1) is 6.10 Å². The number of aliphatic hydroxyl groups excluding tert-OH is 1. The van der Waals surface area contributed by atoms with E-state index in [-0.39, 0.29) is 12.0 Å². The maximum Gasteiger partial charge on any atom is 0.222 e. The third kappa shape index (κ3) is 4.94. The zero-order chi connectivity index (χ0) is 13.5. The summed E-state index contributed by atoms with van der Waals surface area (Å²) in [4.78, 5) is 13.9. The minimum atomic E-state index is -0.326. The number of rotatable bonds is 6. The van der Waals surface area contributed by atoms with Gasteiger partial charge in [-0.05, 0) is 44.1 Å². The molecule has 4 heteroatoms. The summed E-state index contributed by atoms with van der Waals surface area (Å²) in [7, 11) is 0. The molecule has 0 aromatic rings. The second kappa shape index (κ2) is 7.74. The number of nitrogens with zero attached hydrogens (tertiary/aromatic N) is 1. The summed E-state index contributed by atoms with van der Waals surface area (Å²) in [6.07, 6.45) is 3.92. The highest BCUT2D eigenvalue weighted by molar-refractivity contribution is 5.76. The third-order valence-electron chi connectivity index (χ3n) is 3.96. The van der Waals surface area contributed by atoms with Crippen LogP contribution in [0, 0.1) is 11.8 Å². The van der Waals surface area contributed by atoms with E-state index in [1.54, 1.807) is 0 Å². The van der Waals surface area contributed by atoms with E-state index in [0.29, 0.717) is 31.3 Å². The lowest BCUT2D eigenvalue weighted by atomic mass is 9.88. The van der Waals surface area contributed by atoms with E-state index in [9.17, 15) is 9.90 Å². The molecule has 18 heavy (non-hydrogen) atoms. The molecule has 0 aromatic carbocycles. The molecule has 0 aliphatic carbocycles. The topological polar surface area (TPSA) is 66.6 Å². The fraction of sp³-hybridized carbons (Fsp3) is 0.929. The van der Waals surface area contributed by atoms with Gasteiger partial charge < -0.3 is 15.7 Å². The van der Waals surface area contributed by atoms with Crippen LogP contribution in [-0.4, -0.2) is 41.7 Å². The van der Waals surface area contributed by atoms with Gasteiger partial charge in [0.2, 0.25) is 5.91 Å². The number of piperidine rings is 1. The Bertz CT molecular complexity index is 256. The quantitative estimate of drug-likeness (QED) is 0.754. The first-order valence-electron chi connectivity index (χ1n) is 7.20. The Balaban J connectivity index is 2.34. The number of β-amino-alcohol motifs (C(OH)–C–C–N with tert-alkyl or cyclic N) is 1. The Morgan fingerprint density at radius 2 is 2.17 bits per heavy atom. The maximum absolute atomic E-state index is 12.1. The average Bonchev–Trinajstić information content (AvgIpc) is 2.33. The van der Waals surface area contributed by atoms with Crippen LogP contribution in [0.4, 0.5) is 0 Å². The second-order valence-electron chi connectivity index (χ2n) is 5.76. The Kier molecular flexibility index (Phi) is 6.65. The van der Waals surface area contributed by atoms with Gasteiger partial charge in [0.1, 0.15) is 0 Å². The Morgan fingerprint density at radius 3 is 2.72 bits per heavy atom. The van der Waals surface area contributed by atoms with Crippen LogP contribution < -0.4 is 5.73 Å². The van der Waals surface area contributed by atoms with E-state index in [2.05, 4.69) is 13.8 Å². The van der Waals surface area contributed by atoms with Crippen molar-refractivity contribution in [3.05, 3.63) is 0 Å². The van der Waals surface area contributed by atoms with Crippen LogP contribution in [0.2, 0.25) is 0 Å². The monoisotopic (exact) mass is 256 g/mol. The molecule has 4 nitrogen and oxygen atoms in total. The third-order valence-corrected chi connectivity index (χ3v) is 3.96. The first kappa shape index (κ1) is 15.4. The molecule has 1 fully saturated rings. The molecule has 1 aliphatic heterocycles. The predicted octanol–water partition coefficient (Wildman–Crippen LogP) is 1.37. The van der Waals surface area contributed by atoms with E-state index in [4.69, 9.17) is 5.73 Å². The first-order valence-corrected chi connectivity index (χ1v) is 7.20. The van der Waals surface area contributed by atoms with Gasteiger partial charge in [-0.3, -0.25) is 4.79 Å². The number of amides is 1. The van der Waals surface area contributed by atoms with Crippen molar-refractivity contribution in [3.63, 3.8) is 0 Å². The van der Waals surface area contributed by atoms with Crippen molar-refractivity contribution in [2.75, 3.05) is 19.6 Å². The van der Waals surface area contributed by atoms with Crippen LogP contribution in [-0.2, 0) is 4.79 Å². The number of carbonyl (C=O) groups is 1. The van der Waals surface area contributed by atoms with Gasteiger partial charge in [0.15, 0.2) is 0 Å². The lowest BCUT2D eigenvalue weighted by Crippen LogP contribution is -2.42. The first-order chi connectivity index (χ1) is 8.54. The number of hydrogen-bond acceptors (Lipinski definition) is 3. The molecule has 1 saturated heterocycles. The maximum atomic E-state index is 12.1. The molecule has 1 rings (SSSR count). The van der Waals surface area contributed by atoms with Crippen molar-refractivity contribution in [3.8, 4) is 0 Å².